The molecule has 3 rings (SSSR count). The summed E-state index contributed by atoms with van der Waals surface area (Å²) in [4.78, 5) is 17.5. The van der Waals surface area contributed by atoms with Crippen LogP contribution < -0.4 is 0 Å². The largest absolute Gasteiger partial charge is 0.304 e. The molecule has 2 aromatic rings. The number of carbonyl (C=O) groups is 1. The van der Waals surface area contributed by atoms with Gasteiger partial charge >= 0.3 is 0 Å². The molecule has 0 unspecified atom stereocenters. The first-order chi connectivity index (χ1) is 11.1. The molecule has 2 aromatic carbocycles. The van der Waals surface area contributed by atoms with E-state index in [9.17, 15) is 4.79 Å². The summed E-state index contributed by atoms with van der Waals surface area (Å²) in [5.74, 6) is 0.0615. The van der Waals surface area contributed by atoms with Crippen LogP contribution in [0.2, 0.25) is 5.02 Å². The van der Waals surface area contributed by atoms with Crippen molar-refractivity contribution in [1.29, 1.82) is 0 Å². The lowest BCUT2D eigenvalue weighted by atomic mass is 9.98. The van der Waals surface area contributed by atoms with Gasteiger partial charge in [0.2, 0.25) is 0 Å². The molecular weight excluding hydrogens is 308 g/mol. The SMILES string of the molecule is CN1CCN(Cc2ccccc2C(=O)c2ccc(Cl)cc2)CC1. The van der Waals surface area contributed by atoms with Crippen LogP contribution in [-0.2, 0) is 6.54 Å². The van der Waals surface area contributed by atoms with Gasteiger partial charge in [0.25, 0.3) is 0 Å². The Morgan fingerprint density at radius 3 is 2.35 bits per heavy atom. The first-order valence-corrected chi connectivity index (χ1v) is 8.30. The molecule has 0 aliphatic carbocycles. The Hall–Kier alpha value is -1.68. The lowest BCUT2D eigenvalue weighted by Crippen LogP contribution is -2.44. The molecule has 0 aromatic heterocycles. The van der Waals surface area contributed by atoms with Gasteiger partial charge in [-0.15, -0.1) is 0 Å². The van der Waals surface area contributed by atoms with E-state index < -0.39 is 0 Å². The van der Waals surface area contributed by atoms with Gasteiger partial charge in [0.1, 0.15) is 0 Å². The number of nitrogens with zero attached hydrogens (tertiary/aromatic N) is 2. The zero-order valence-electron chi connectivity index (χ0n) is 13.3. The average Bonchev–Trinajstić information content (AvgIpc) is 2.57. The maximum Gasteiger partial charge on any atom is 0.193 e. The molecule has 23 heavy (non-hydrogen) atoms. The normalized spacial score (nSPS) is 16.4. The molecule has 0 saturated carbocycles. The van der Waals surface area contributed by atoms with E-state index in [4.69, 9.17) is 11.6 Å². The van der Waals surface area contributed by atoms with Gasteiger partial charge in [-0.25, -0.2) is 0 Å². The average molecular weight is 329 g/mol. The van der Waals surface area contributed by atoms with Crippen molar-refractivity contribution in [2.75, 3.05) is 33.2 Å². The summed E-state index contributed by atoms with van der Waals surface area (Å²) < 4.78 is 0. The van der Waals surface area contributed by atoms with Crippen LogP contribution in [0.1, 0.15) is 21.5 Å². The fourth-order valence-electron chi connectivity index (χ4n) is 2.88. The maximum absolute atomic E-state index is 12.8. The second-order valence-corrected chi connectivity index (χ2v) is 6.51. The van der Waals surface area contributed by atoms with Crippen molar-refractivity contribution in [3.05, 3.63) is 70.2 Å². The van der Waals surface area contributed by atoms with Gasteiger partial charge in [-0.1, -0.05) is 35.9 Å². The summed E-state index contributed by atoms with van der Waals surface area (Å²) in [5, 5.41) is 0.646. The molecule has 1 heterocycles. The van der Waals surface area contributed by atoms with Crippen LogP contribution >= 0.6 is 11.6 Å². The van der Waals surface area contributed by atoms with Gasteiger partial charge in [0.15, 0.2) is 5.78 Å². The summed E-state index contributed by atoms with van der Waals surface area (Å²) >= 11 is 5.91. The number of likely N-dealkylation sites (N-methyl/N-ethyl adjacent to an activating group) is 1. The van der Waals surface area contributed by atoms with Crippen LogP contribution in [0.4, 0.5) is 0 Å². The zero-order chi connectivity index (χ0) is 16.2. The minimum Gasteiger partial charge on any atom is -0.304 e. The van der Waals surface area contributed by atoms with E-state index in [1.807, 2.05) is 18.2 Å². The summed E-state index contributed by atoms with van der Waals surface area (Å²) in [6.45, 7) is 5.06. The molecule has 0 N–H and O–H groups in total. The predicted molar refractivity (Wildman–Crippen MR) is 94.1 cm³/mol. The number of rotatable bonds is 4. The van der Waals surface area contributed by atoms with E-state index in [1.54, 1.807) is 24.3 Å². The summed E-state index contributed by atoms with van der Waals surface area (Å²) in [6.07, 6.45) is 0. The minimum absolute atomic E-state index is 0.0615. The molecular formula is C19H21ClN2O. The third-order valence-corrected chi connectivity index (χ3v) is 4.61. The Morgan fingerprint density at radius 1 is 1.00 bits per heavy atom. The van der Waals surface area contributed by atoms with Crippen LogP contribution in [0.3, 0.4) is 0 Å². The summed E-state index contributed by atoms with van der Waals surface area (Å²) in [6, 6.07) is 15.0. The van der Waals surface area contributed by atoms with Crippen molar-refractivity contribution in [2.24, 2.45) is 0 Å². The second kappa shape index (κ2) is 7.26. The van der Waals surface area contributed by atoms with Crippen molar-refractivity contribution in [3.8, 4) is 0 Å². The lowest BCUT2D eigenvalue weighted by molar-refractivity contribution is 0.103. The number of ketones is 1. The molecule has 1 aliphatic rings. The highest BCUT2D eigenvalue weighted by molar-refractivity contribution is 6.30. The van der Waals surface area contributed by atoms with E-state index in [-0.39, 0.29) is 5.78 Å². The Labute approximate surface area is 142 Å². The number of benzene rings is 2. The van der Waals surface area contributed by atoms with E-state index in [1.165, 1.54) is 0 Å². The number of carbonyl (C=O) groups excluding carboxylic acids is 1. The van der Waals surface area contributed by atoms with E-state index in [0.717, 1.165) is 43.9 Å². The van der Waals surface area contributed by atoms with Crippen molar-refractivity contribution < 1.29 is 4.79 Å². The highest BCUT2D eigenvalue weighted by Gasteiger charge is 2.18. The molecule has 0 atom stereocenters. The third kappa shape index (κ3) is 3.99. The Morgan fingerprint density at radius 2 is 1.65 bits per heavy atom. The molecule has 1 fully saturated rings. The van der Waals surface area contributed by atoms with Crippen molar-refractivity contribution in [3.63, 3.8) is 0 Å². The zero-order valence-corrected chi connectivity index (χ0v) is 14.1. The van der Waals surface area contributed by atoms with E-state index >= 15 is 0 Å². The maximum atomic E-state index is 12.8. The van der Waals surface area contributed by atoms with Gasteiger partial charge < -0.3 is 4.90 Å². The van der Waals surface area contributed by atoms with Crippen LogP contribution in [0.25, 0.3) is 0 Å². The quantitative estimate of drug-likeness (QED) is 0.804. The predicted octanol–water partition coefficient (Wildman–Crippen LogP) is 3.32. The Balaban J connectivity index is 1.80. The van der Waals surface area contributed by atoms with Gasteiger partial charge in [-0.05, 0) is 36.9 Å². The Bertz CT molecular complexity index is 676. The topological polar surface area (TPSA) is 23.6 Å². The molecule has 3 nitrogen and oxygen atoms in total. The second-order valence-electron chi connectivity index (χ2n) is 6.07. The number of hydrogen-bond acceptors (Lipinski definition) is 3. The van der Waals surface area contributed by atoms with Crippen molar-refractivity contribution in [1.82, 2.24) is 9.80 Å². The van der Waals surface area contributed by atoms with Gasteiger partial charge in [0, 0.05) is 48.9 Å². The number of piperazine rings is 1. The van der Waals surface area contributed by atoms with Crippen LogP contribution in [0, 0.1) is 0 Å². The molecule has 4 heteroatoms. The van der Waals surface area contributed by atoms with E-state index in [2.05, 4.69) is 22.9 Å². The number of halogens is 1. The molecule has 120 valence electrons. The lowest BCUT2D eigenvalue weighted by Gasteiger charge is -2.32. The molecule has 1 saturated heterocycles. The smallest absolute Gasteiger partial charge is 0.193 e. The minimum atomic E-state index is 0.0615. The Kier molecular flexibility index (Phi) is 5.11. The molecule has 0 amide bonds. The van der Waals surface area contributed by atoms with Gasteiger partial charge in [-0.3, -0.25) is 9.69 Å². The molecule has 1 aliphatic heterocycles. The monoisotopic (exact) mass is 328 g/mol. The standard InChI is InChI=1S/C19H21ClN2O/c1-21-10-12-22(13-11-21)14-16-4-2-3-5-18(16)19(23)15-6-8-17(20)9-7-15/h2-9H,10-14H2,1H3. The third-order valence-electron chi connectivity index (χ3n) is 4.36. The van der Waals surface area contributed by atoms with Gasteiger partial charge in [0.05, 0.1) is 0 Å². The van der Waals surface area contributed by atoms with Crippen LogP contribution in [-0.4, -0.2) is 48.8 Å². The van der Waals surface area contributed by atoms with E-state index in [0.29, 0.717) is 10.6 Å². The van der Waals surface area contributed by atoms with Gasteiger partial charge in [-0.2, -0.15) is 0 Å². The van der Waals surface area contributed by atoms with Crippen LogP contribution in [0.5, 0.6) is 0 Å². The number of hydrogen-bond donors (Lipinski definition) is 0. The summed E-state index contributed by atoms with van der Waals surface area (Å²) in [5.41, 5.74) is 2.56. The van der Waals surface area contributed by atoms with Crippen molar-refractivity contribution in [2.45, 2.75) is 6.54 Å². The highest BCUT2D eigenvalue weighted by Crippen LogP contribution is 2.19. The van der Waals surface area contributed by atoms with Crippen LogP contribution in [0.15, 0.2) is 48.5 Å². The first kappa shape index (κ1) is 16.2. The molecule has 0 bridgehead atoms. The molecule has 0 radical (unpaired) electrons. The molecule has 0 spiro atoms. The fourth-order valence-corrected chi connectivity index (χ4v) is 3.01. The fraction of sp³-hybridized carbons (Fsp3) is 0.316. The van der Waals surface area contributed by atoms with Crippen molar-refractivity contribution >= 4 is 17.4 Å². The highest BCUT2D eigenvalue weighted by atomic mass is 35.5. The summed E-state index contributed by atoms with van der Waals surface area (Å²) in [7, 11) is 2.15. The first-order valence-electron chi connectivity index (χ1n) is 7.92.